The first-order valence-electron chi connectivity index (χ1n) is 14.0. The lowest BCUT2D eigenvalue weighted by Crippen LogP contribution is -2.38. The number of allylic oxidation sites excluding steroid dienone is 1. The van der Waals surface area contributed by atoms with E-state index in [2.05, 4.69) is 26.1 Å². The molecule has 0 spiro atoms. The van der Waals surface area contributed by atoms with E-state index in [0.29, 0.717) is 29.8 Å². The van der Waals surface area contributed by atoms with Crippen LogP contribution in [0.15, 0.2) is 84.1 Å². The van der Waals surface area contributed by atoms with E-state index in [1.165, 1.54) is 0 Å². The summed E-state index contributed by atoms with van der Waals surface area (Å²) in [5, 5.41) is 12.9. The van der Waals surface area contributed by atoms with Gasteiger partial charge < -0.3 is 15.2 Å². The Kier molecular flexibility index (Phi) is 7.72. The van der Waals surface area contributed by atoms with Crippen LogP contribution in [0.4, 0.5) is 11.4 Å². The molecule has 212 valence electrons. The van der Waals surface area contributed by atoms with E-state index in [-0.39, 0.29) is 35.9 Å². The second-order valence-electron chi connectivity index (χ2n) is 11.8. The zero-order valence-electron chi connectivity index (χ0n) is 23.9. The molecule has 0 fully saturated rings. The summed E-state index contributed by atoms with van der Waals surface area (Å²) in [5.41, 5.74) is 5.60. The number of methoxy groups -OCH3 is 1. The monoisotopic (exact) mass is 552 g/mol. The van der Waals surface area contributed by atoms with Gasteiger partial charge in [-0.3, -0.25) is 19.3 Å². The van der Waals surface area contributed by atoms with E-state index in [1.54, 1.807) is 12.0 Å². The summed E-state index contributed by atoms with van der Waals surface area (Å²) in [4.78, 5) is 41.0. The van der Waals surface area contributed by atoms with Crippen molar-refractivity contribution in [2.45, 2.75) is 63.8 Å². The second kappa shape index (κ2) is 11.2. The number of aliphatic carboxylic acids is 1. The Bertz CT molecular complexity index is 1500. The first kappa shape index (κ1) is 28.1. The number of hydrogen-bond acceptors (Lipinski definition) is 5. The van der Waals surface area contributed by atoms with Gasteiger partial charge in [0.15, 0.2) is 5.78 Å². The van der Waals surface area contributed by atoms with E-state index in [1.807, 2.05) is 72.8 Å². The first-order valence-corrected chi connectivity index (χ1v) is 14.0. The van der Waals surface area contributed by atoms with Crippen LogP contribution in [0.1, 0.15) is 75.1 Å². The van der Waals surface area contributed by atoms with Crippen molar-refractivity contribution in [1.82, 2.24) is 0 Å². The molecule has 7 nitrogen and oxygen atoms in total. The van der Waals surface area contributed by atoms with Crippen LogP contribution >= 0.6 is 0 Å². The molecule has 0 bridgehead atoms. The number of hydrogen-bond donors (Lipinski definition) is 2. The van der Waals surface area contributed by atoms with Crippen molar-refractivity contribution in [2.75, 3.05) is 17.3 Å². The number of carboxylic acid groups (broad SMARTS) is 1. The van der Waals surface area contributed by atoms with Crippen LogP contribution in [0.25, 0.3) is 0 Å². The van der Waals surface area contributed by atoms with Crippen LogP contribution in [0, 0.1) is 0 Å². The van der Waals surface area contributed by atoms with Gasteiger partial charge in [0.05, 0.1) is 30.9 Å². The zero-order valence-corrected chi connectivity index (χ0v) is 23.9. The summed E-state index contributed by atoms with van der Waals surface area (Å²) in [6, 6.07) is 22.7. The molecule has 7 heteroatoms. The lowest BCUT2D eigenvalue weighted by Gasteiger charge is -2.35. The van der Waals surface area contributed by atoms with Crippen molar-refractivity contribution in [3.63, 3.8) is 0 Å². The standard InChI is InChI=1S/C34H36N2O5/c1-34(2,3)24-13-9-22(10-14-24)33-32-27(19-23(20-29(32)37)21-11-15-25(41-4)16-12-21)35-26-7-5-6-8-28(26)36(33)30(38)17-18-31(39)40/h5-16,23,33,35H,17-20H2,1-4H3,(H,39,40)/t23-,33+/m1/s1. The summed E-state index contributed by atoms with van der Waals surface area (Å²) in [5.74, 6) is -0.697. The largest absolute Gasteiger partial charge is 0.497 e. The molecule has 1 aliphatic carbocycles. The van der Waals surface area contributed by atoms with Gasteiger partial charge in [-0.1, -0.05) is 69.3 Å². The van der Waals surface area contributed by atoms with E-state index in [4.69, 9.17) is 4.74 Å². The van der Waals surface area contributed by atoms with Crippen molar-refractivity contribution in [3.05, 3.63) is 101 Å². The smallest absolute Gasteiger partial charge is 0.303 e. The van der Waals surface area contributed by atoms with Gasteiger partial charge in [0.2, 0.25) is 5.91 Å². The van der Waals surface area contributed by atoms with Crippen LogP contribution in [0.3, 0.4) is 0 Å². The molecule has 0 saturated heterocycles. The SMILES string of the molecule is COc1ccc([C@H]2CC(=O)C3=C(C2)Nc2ccccc2N(C(=O)CCC(=O)O)[C@H]3c2ccc(C(C)(C)C)cc2)cc1. The maximum atomic E-state index is 14.1. The van der Waals surface area contributed by atoms with Crippen LogP contribution in [-0.2, 0) is 19.8 Å². The number of anilines is 2. The van der Waals surface area contributed by atoms with Crippen molar-refractivity contribution in [3.8, 4) is 5.75 Å². The average molecular weight is 553 g/mol. The molecule has 2 aliphatic rings. The molecule has 41 heavy (non-hydrogen) atoms. The van der Waals surface area contributed by atoms with Gasteiger partial charge in [-0.15, -0.1) is 0 Å². The predicted molar refractivity (Wildman–Crippen MR) is 159 cm³/mol. The molecular formula is C34H36N2O5. The van der Waals surface area contributed by atoms with Gasteiger partial charge in [-0.2, -0.15) is 0 Å². The summed E-state index contributed by atoms with van der Waals surface area (Å²) in [6.45, 7) is 6.42. The van der Waals surface area contributed by atoms with Gasteiger partial charge >= 0.3 is 5.97 Å². The van der Waals surface area contributed by atoms with E-state index < -0.39 is 12.0 Å². The Morgan fingerprint density at radius 3 is 2.22 bits per heavy atom. The molecule has 1 aliphatic heterocycles. The molecule has 0 saturated carbocycles. The normalized spacial score (nSPS) is 18.6. The zero-order chi connectivity index (χ0) is 29.3. The molecule has 3 aromatic rings. The topological polar surface area (TPSA) is 95.9 Å². The molecule has 1 heterocycles. The molecule has 2 N–H and O–H groups in total. The molecule has 0 aromatic heterocycles. The Morgan fingerprint density at radius 2 is 1.59 bits per heavy atom. The molecule has 0 unspecified atom stereocenters. The number of ether oxygens (including phenoxy) is 1. The number of amides is 1. The Hall–Kier alpha value is -4.39. The lowest BCUT2D eigenvalue weighted by atomic mass is 9.77. The number of fused-ring (bicyclic) bond motifs is 1. The minimum Gasteiger partial charge on any atom is -0.497 e. The van der Waals surface area contributed by atoms with Crippen LogP contribution in [-0.4, -0.2) is 29.9 Å². The summed E-state index contributed by atoms with van der Waals surface area (Å²) < 4.78 is 5.32. The number of carboxylic acids is 1. The van der Waals surface area contributed by atoms with Crippen LogP contribution < -0.4 is 15.0 Å². The molecule has 2 atom stereocenters. The number of Topliss-reactive ketones (excluding diaryl/α,β-unsaturated/α-hetero) is 1. The summed E-state index contributed by atoms with van der Waals surface area (Å²) in [7, 11) is 1.63. The highest BCUT2D eigenvalue weighted by molar-refractivity contribution is 6.06. The van der Waals surface area contributed by atoms with Gasteiger partial charge in [-0.25, -0.2) is 0 Å². The quantitative estimate of drug-likeness (QED) is 0.351. The van der Waals surface area contributed by atoms with Gasteiger partial charge in [0.25, 0.3) is 0 Å². The highest BCUT2D eigenvalue weighted by Crippen LogP contribution is 2.48. The maximum absolute atomic E-state index is 14.1. The van der Waals surface area contributed by atoms with Gasteiger partial charge in [0, 0.05) is 24.1 Å². The Labute approximate surface area is 240 Å². The highest BCUT2D eigenvalue weighted by atomic mass is 16.5. The molecule has 3 aromatic carbocycles. The van der Waals surface area contributed by atoms with Crippen LogP contribution in [0.5, 0.6) is 5.75 Å². The predicted octanol–water partition coefficient (Wildman–Crippen LogP) is 6.76. The number of para-hydroxylation sites is 2. The van der Waals surface area contributed by atoms with Crippen molar-refractivity contribution >= 4 is 29.0 Å². The fourth-order valence-electron chi connectivity index (χ4n) is 5.79. The minimum atomic E-state index is -1.04. The Balaban J connectivity index is 1.66. The molecular weight excluding hydrogens is 516 g/mol. The van der Waals surface area contributed by atoms with E-state index in [0.717, 1.165) is 28.1 Å². The number of rotatable bonds is 6. The highest BCUT2D eigenvalue weighted by Gasteiger charge is 2.41. The number of carbonyl (C=O) groups is 3. The third kappa shape index (κ3) is 5.75. The number of nitrogens with one attached hydrogen (secondary N) is 1. The lowest BCUT2D eigenvalue weighted by molar-refractivity contribution is -0.138. The number of ketones is 1. The Morgan fingerprint density at radius 1 is 0.927 bits per heavy atom. The second-order valence-corrected chi connectivity index (χ2v) is 11.8. The molecule has 5 rings (SSSR count). The number of carbonyl (C=O) groups excluding carboxylic acids is 2. The summed E-state index contributed by atoms with van der Waals surface area (Å²) >= 11 is 0. The van der Waals surface area contributed by atoms with Gasteiger partial charge in [-0.05, 0) is 58.7 Å². The first-order chi connectivity index (χ1) is 19.6. The minimum absolute atomic E-state index is 0.0340. The molecule has 0 radical (unpaired) electrons. The number of benzene rings is 3. The third-order valence-electron chi connectivity index (χ3n) is 7.99. The van der Waals surface area contributed by atoms with Crippen molar-refractivity contribution < 1.29 is 24.2 Å². The number of nitrogens with zero attached hydrogens (tertiary/aromatic N) is 1. The summed E-state index contributed by atoms with van der Waals surface area (Å²) in [6.07, 6.45) is 0.428. The van der Waals surface area contributed by atoms with Crippen LogP contribution in [0.2, 0.25) is 0 Å². The fourth-order valence-corrected chi connectivity index (χ4v) is 5.79. The van der Waals surface area contributed by atoms with Crippen molar-refractivity contribution in [1.29, 1.82) is 0 Å². The molecule has 1 amide bonds. The fraction of sp³-hybridized carbons (Fsp3) is 0.324. The maximum Gasteiger partial charge on any atom is 0.303 e. The van der Waals surface area contributed by atoms with Crippen molar-refractivity contribution in [2.24, 2.45) is 0 Å². The average Bonchev–Trinajstić information content (AvgIpc) is 3.10. The van der Waals surface area contributed by atoms with Gasteiger partial charge in [0.1, 0.15) is 5.75 Å². The van der Waals surface area contributed by atoms with E-state index in [9.17, 15) is 19.5 Å². The van der Waals surface area contributed by atoms with E-state index >= 15 is 0 Å². The third-order valence-corrected chi connectivity index (χ3v) is 7.99.